The molecule has 0 spiro atoms. The summed E-state index contributed by atoms with van der Waals surface area (Å²) in [7, 11) is 0. The molecule has 0 saturated carbocycles. The molecule has 0 radical (unpaired) electrons. The van der Waals surface area contributed by atoms with Crippen LogP contribution in [0.4, 0.5) is 0 Å². The molecule has 20 heavy (non-hydrogen) atoms. The van der Waals surface area contributed by atoms with Crippen LogP contribution in [0.2, 0.25) is 0 Å². The highest BCUT2D eigenvalue weighted by Crippen LogP contribution is 2.18. The van der Waals surface area contributed by atoms with E-state index in [0.29, 0.717) is 37.6 Å². The van der Waals surface area contributed by atoms with Gasteiger partial charge in [0.25, 0.3) is 0 Å². The van der Waals surface area contributed by atoms with Crippen LogP contribution in [0.1, 0.15) is 18.7 Å². The van der Waals surface area contributed by atoms with Crippen molar-refractivity contribution in [2.75, 3.05) is 6.54 Å². The van der Waals surface area contributed by atoms with Crippen molar-refractivity contribution in [2.24, 2.45) is 0 Å². The highest BCUT2D eigenvalue weighted by atomic mass is 16.4. The molecular weight excluding hydrogens is 258 g/mol. The van der Waals surface area contributed by atoms with Gasteiger partial charge in [0.05, 0.1) is 0 Å². The largest absolute Gasteiger partial charge is 0.421 e. The lowest BCUT2D eigenvalue weighted by atomic mass is 10.2. The number of rotatable bonds is 4. The summed E-state index contributed by atoms with van der Waals surface area (Å²) in [5.74, 6) is 0.617. The normalized spacial score (nSPS) is 15.1. The maximum atomic E-state index is 11.5. The van der Waals surface area contributed by atoms with Crippen molar-refractivity contribution in [3.63, 3.8) is 0 Å². The molecule has 102 valence electrons. The van der Waals surface area contributed by atoms with Gasteiger partial charge < -0.3 is 4.42 Å². The Balaban J connectivity index is 1.66. The minimum absolute atomic E-state index is 0.127. The highest BCUT2D eigenvalue weighted by molar-refractivity contribution is 6.01. The lowest BCUT2D eigenvalue weighted by Gasteiger charge is -2.11. The number of benzene rings is 1. The number of aromatic nitrogens is 2. The maximum absolute atomic E-state index is 11.5. The van der Waals surface area contributed by atoms with E-state index in [2.05, 4.69) is 10.2 Å². The summed E-state index contributed by atoms with van der Waals surface area (Å²) in [6.45, 7) is 0.300. The van der Waals surface area contributed by atoms with E-state index in [1.165, 1.54) is 4.90 Å². The first-order valence-corrected chi connectivity index (χ1v) is 6.45. The first-order chi connectivity index (χ1) is 9.74. The Labute approximate surface area is 115 Å². The predicted molar refractivity (Wildman–Crippen MR) is 69.4 cm³/mol. The monoisotopic (exact) mass is 271 g/mol. The maximum Gasteiger partial charge on any atom is 0.247 e. The molecule has 2 amide bonds. The molecule has 0 N–H and O–H groups in total. The summed E-state index contributed by atoms with van der Waals surface area (Å²) in [4.78, 5) is 24.2. The molecular formula is C14H13N3O3. The van der Waals surface area contributed by atoms with Crippen molar-refractivity contribution < 1.29 is 14.0 Å². The van der Waals surface area contributed by atoms with E-state index in [1.807, 2.05) is 30.3 Å². The Morgan fingerprint density at radius 3 is 2.45 bits per heavy atom. The van der Waals surface area contributed by atoms with Crippen LogP contribution in [0.3, 0.4) is 0 Å². The molecule has 3 rings (SSSR count). The van der Waals surface area contributed by atoms with Crippen molar-refractivity contribution >= 4 is 11.8 Å². The molecule has 1 aliphatic rings. The van der Waals surface area contributed by atoms with E-state index in [1.54, 1.807) is 0 Å². The summed E-state index contributed by atoms with van der Waals surface area (Å²) in [6, 6.07) is 9.45. The van der Waals surface area contributed by atoms with Gasteiger partial charge in [-0.15, -0.1) is 10.2 Å². The number of hydrogen-bond acceptors (Lipinski definition) is 5. The van der Waals surface area contributed by atoms with Gasteiger partial charge in [-0.2, -0.15) is 0 Å². The van der Waals surface area contributed by atoms with Crippen LogP contribution in [0, 0.1) is 0 Å². The zero-order chi connectivity index (χ0) is 13.9. The first kappa shape index (κ1) is 12.5. The molecule has 2 aromatic rings. The zero-order valence-electron chi connectivity index (χ0n) is 10.8. The fourth-order valence-electron chi connectivity index (χ4n) is 2.13. The second-order valence-electron chi connectivity index (χ2n) is 4.56. The predicted octanol–water partition coefficient (Wildman–Crippen LogP) is 1.43. The minimum Gasteiger partial charge on any atom is -0.421 e. The summed E-state index contributed by atoms with van der Waals surface area (Å²) in [6.07, 6.45) is 0.993. The Kier molecular flexibility index (Phi) is 3.28. The van der Waals surface area contributed by atoms with Gasteiger partial charge in [-0.3, -0.25) is 14.5 Å². The van der Waals surface area contributed by atoms with Crippen LogP contribution in [0.5, 0.6) is 0 Å². The van der Waals surface area contributed by atoms with E-state index in [9.17, 15) is 9.59 Å². The van der Waals surface area contributed by atoms with Crippen LogP contribution < -0.4 is 0 Å². The van der Waals surface area contributed by atoms with Gasteiger partial charge in [0.15, 0.2) is 0 Å². The SMILES string of the molecule is O=C1CCC(=O)N1CCc1nnc(-c2ccccc2)o1. The van der Waals surface area contributed by atoms with Gasteiger partial charge in [-0.1, -0.05) is 18.2 Å². The van der Waals surface area contributed by atoms with Crippen molar-refractivity contribution in [3.8, 4) is 11.5 Å². The van der Waals surface area contributed by atoms with Crippen molar-refractivity contribution in [2.45, 2.75) is 19.3 Å². The molecule has 0 atom stereocenters. The number of amides is 2. The summed E-state index contributed by atoms with van der Waals surface area (Å²) in [5.41, 5.74) is 0.847. The standard InChI is InChI=1S/C14H13N3O3/c18-12-6-7-13(19)17(12)9-8-11-15-16-14(20-11)10-4-2-1-3-5-10/h1-5H,6-9H2. The molecule has 1 aromatic heterocycles. The number of imide groups is 1. The van der Waals surface area contributed by atoms with Gasteiger partial charge in [0.1, 0.15) is 0 Å². The highest BCUT2D eigenvalue weighted by Gasteiger charge is 2.28. The number of carbonyl (C=O) groups is 2. The first-order valence-electron chi connectivity index (χ1n) is 6.45. The molecule has 6 heteroatoms. The molecule has 1 aromatic carbocycles. The van der Waals surface area contributed by atoms with Gasteiger partial charge in [0, 0.05) is 31.4 Å². The van der Waals surface area contributed by atoms with Gasteiger partial charge in [0.2, 0.25) is 23.6 Å². The van der Waals surface area contributed by atoms with Crippen LogP contribution in [-0.2, 0) is 16.0 Å². The zero-order valence-corrected chi connectivity index (χ0v) is 10.8. The second kappa shape index (κ2) is 5.24. The molecule has 0 bridgehead atoms. The Bertz CT molecular complexity index is 620. The van der Waals surface area contributed by atoms with Crippen LogP contribution in [0.25, 0.3) is 11.5 Å². The van der Waals surface area contributed by atoms with Crippen LogP contribution in [0.15, 0.2) is 34.7 Å². The molecule has 6 nitrogen and oxygen atoms in total. The average molecular weight is 271 g/mol. The number of carbonyl (C=O) groups excluding carboxylic acids is 2. The molecule has 1 fully saturated rings. The third kappa shape index (κ3) is 2.45. The lowest BCUT2D eigenvalue weighted by Crippen LogP contribution is -2.31. The topological polar surface area (TPSA) is 76.3 Å². The lowest BCUT2D eigenvalue weighted by molar-refractivity contribution is -0.138. The van der Waals surface area contributed by atoms with Crippen LogP contribution in [-0.4, -0.2) is 33.5 Å². The van der Waals surface area contributed by atoms with E-state index < -0.39 is 0 Å². The number of hydrogen-bond donors (Lipinski definition) is 0. The fourth-order valence-corrected chi connectivity index (χ4v) is 2.13. The van der Waals surface area contributed by atoms with E-state index >= 15 is 0 Å². The molecule has 1 saturated heterocycles. The van der Waals surface area contributed by atoms with Crippen LogP contribution >= 0.6 is 0 Å². The summed E-state index contributed by atoms with van der Waals surface area (Å²) >= 11 is 0. The van der Waals surface area contributed by atoms with E-state index in [-0.39, 0.29) is 11.8 Å². The number of likely N-dealkylation sites (tertiary alicyclic amines) is 1. The van der Waals surface area contributed by atoms with Gasteiger partial charge in [-0.05, 0) is 12.1 Å². The van der Waals surface area contributed by atoms with Crippen molar-refractivity contribution in [3.05, 3.63) is 36.2 Å². The average Bonchev–Trinajstić information content (AvgIpc) is 3.06. The quantitative estimate of drug-likeness (QED) is 0.786. The van der Waals surface area contributed by atoms with E-state index in [4.69, 9.17) is 4.42 Å². The smallest absolute Gasteiger partial charge is 0.247 e. The van der Waals surface area contributed by atoms with Gasteiger partial charge in [-0.25, -0.2) is 0 Å². The van der Waals surface area contributed by atoms with E-state index in [0.717, 1.165) is 5.56 Å². The minimum atomic E-state index is -0.127. The second-order valence-corrected chi connectivity index (χ2v) is 4.56. The molecule has 0 unspecified atom stereocenters. The molecule has 2 heterocycles. The Morgan fingerprint density at radius 2 is 1.75 bits per heavy atom. The Morgan fingerprint density at radius 1 is 1.05 bits per heavy atom. The summed E-state index contributed by atoms with van der Waals surface area (Å²) in [5, 5.41) is 7.90. The Hall–Kier alpha value is -2.50. The number of nitrogens with zero attached hydrogens (tertiary/aromatic N) is 3. The third-order valence-electron chi connectivity index (χ3n) is 3.19. The van der Waals surface area contributed by atoms with Crippen molar-refractivity contribution in [1.82, 2.24) is 15.1 Å². The van der Waals surface area contributed by atoms with Gasteiger partial charge >= 0.3 is 0 Å². The molecule has 1 aliphatic heterocycles. The fraction of sp³-hybridized carbons (Fsp3) is 0.286. The van der Waals surface area contributed by atoms with Crippen molar-refractivity contribution in [1.29, 1.82) is 0 Å². The third-order valence-corrected chi connectivity index (χ3v) is 3.19. The summed E-state index contributed by atoms with van der Waals surface area (Å²) < 4.78 is 5.53. The molecule has 0 aliphatic carbocycles.